The Morgan fingerprint density at radius 1 is 1.12 bits per heavy atom. The van der Waals surface area contributed by atoms with Crippen molar-refractivity contribution >= 4 is 11.8 Å². The van der Waals surface area contributed by atoms with Crippen molar-refractivity contribution in [3.8, 4) is 11.3 Å². The second-order valence-corrected chi connectivity index (χ2v) is 10.5. The summed E-state index contributed by atoms with van der Waals surface area (Å²) in [6.07, 6.45) is 8.57. The minimum Gasteiger partial charge on any atom is -0.378 e. The van der Waals surface area contributed by atoms with Crippen molar-refractivity contribution in [2.24, 2.45) is 0 Å². The Balaban J connectivity index is 1.43. The van der Waals surface area contributed by atoms with Gasteiger partial charge in [-0.25, -0.2) is 9.97 Å². The number of hydrogen-bond donors (Lipinski definition) is 0. The van der Waals surface area contributed by atoms with Gasteiger partial charge in [0.25, 0.3) is 0 Å². The van der Waals surface area contributed by atoms with E-state index in [2.05, 4.69) is 91.2 Å². The summed E-state index contributed by atoms with van der Waals surface area (Å²) in [4.78, 5) is 14.4. The Kier molecular flexibility index (Phi) is 7.17. The molecule has 2 aromatic heterocycles. The zero-order valence-corrected chi connectivity index (χ0v) is 21.4. The number of aryl methyl sites for hydroxylation is 1. The van der Waals surface area contributed by atoms with E-state index in [9.17, 15) is 0 Å². The summed E-state index contributed by atoms with van der Waals surface area (Å²) >= 11 is 0. The summed E-state index contributed by atoms with van der Waals surface area (Å²) in [7, 11) is 4.13. The number of piperidine rings is 1. The Morgan fingerprint density at radius 3 is 2.41 bits per heavy atom. The van der Waals surface area contributed by atoms with Gasteiger partial charge in [0.2, 0.25) is 0 Å². The average Bonchev–Trinajstić information content (AvgIpc) is 3.25. The van der Waals surface area contributed by atoms with E-state index in [1.165, 1.54) is 11.3 Å². The van der Waals surface area contributed by atoms with Gasteiger partial charge in [0.1, 0.15) is 5.82 Å². The molecular formula is C28H37N5O. The molecule has 180 valence electrons. The molecule has 0 saturated carbocycles. The van der Waals surface area contributed by atoms with Crippen molar-refractivity contribution in [2.45, 2.75) is 51.9 Å². The quantitative estimate of drug-likeness (QED) is 0.471. The Hall–Kier alpha value is -2.99. The van der Waals surface area contributed by atoms with Crippen molar-refractivity contribution < 1.29 is 4.52 Å². The van der Waals surface area contributed by atoms with Gasteiger partial charge < -0.3 is 9.42 Å². The maximum Gasteiger partial charge on any atom is 0.170 e. The Labute approximate surface area is 203 Å². The number of anilines is 1. The fraction of sp³-hybridized carbons (Fsp3) is 0.464. The number of aromatic nitrogens is 3. The first-order valence-corrected chi connectivity index (χ1v) is 12.2. The van der Waals surface area contributed by atoms with Crippen LogP contribution in [-0.4, -0.2) is 53.8 Å². The molecular weight excluding hydrogens is 422 g/mol. The molecule has 1 aliphatic heterocycles. The molecule has 3 heterocycles. The molecule has 0 N–H and O–H groups in total. The van der Waals surface area contributed by atoms with Crippen LogP contribution in [0.2, 0.25) is 0 Å². The predicted molar refractivity (Wildman–Crippen MR) is 139 cm³/mol. The van der Waals surface area contributed by atoms with E-state index in [0.717, 1.165) is 61.0 Å². The number of hydrogen-bond acceptors (Lipinski definition) is 6. The van der Waals surface area contributed by atoms with Crippen LogP contribution in [0.25, 0.3) is 17.4 Å². The third kappa shape index (κ3) is 5.73. The van der Waals surface area contributed by atoms with Crippen molar-refractivity contribution in [2.75, 3.05) is 38.6 Å². The van der Waals surface area contributed by atoms with Gasteiger partial charge in [-0.05, 0) is 50.6 Å². The normalized spacial score (nSPS) is 15.8. The molecule has 0 unspecified atom stereocenters. The van der Waals surface area contributed by atoms with Crippen LogP contribution >= 0.6 is 0 Å². The Morgan fingerprint density at radius 2 is 1.82 bits per heavy atom. The molecule has 1 fully saturated rings. The van der Waals surface area contributed by atoms with E-state index in [1.54, 1.807) is 0 Å². The van der Waals surface area contributed by atoms with Gasteiger partial charge in [-0.1, -0.05) is 50.2 Å². The zero-order chi connectivity index (χ0) is 24.3. The fourth-order valence-electron chi connectivity index (χ4n) is 4.36. The molecule has 0 aliphatic carbocycles. The molecule has 6 nitrogen and oxygen atoms in total. The molecule has 3 aromatic rings. The average molecular weight is 460 g/mol. The lowest BCUT2D eigenvalue weighted by Gasteiger charge is -2.32. The SMILES string of the molecule is Cc1cc(-c2cnc(C(C)(C)C)nc2C2CCN(C/C=C/c3ccc(N(C)C)cc3)CC2)on1. The van der Waals surface area contributed by atoms with Crippen LogP contribution < -0.4 is 4.90 Å². The van der Waals surface area contributed by atoms with Crippen LogP contribution in [-0.2, 0) is 5.41 Å². The van der Waals surface area contributed by atoms with Crippen LogP contribution in [0.5, 0.6) is 0 Å². The highest BCUT2D eigenvalue weighted by Crippen LogP contribution is 2.35. The highest BCUT2D eigenvalue weighted by Gasteiger charge is 2.28. The lowest BCUT2D eigenvalue weighted by atomic mass is 9.89. The molecule has 1 saturated heterocycles. The van der Waals surface area contributed by atoms with Crippen LogP contribution in [0.15, 0.2) is 47.1 Å². The molecule has 0 amide bonds. The summed E-state index contributed by atoms with van der Waals surface area (Å²) in [5.74, 6) is 2.04. The van der Waals surface area contributed by atoms with E-state index in [1.807, 2.05) is 19.2 Å². The van der Waals surface area contributed by atoms with Crippen molar-refractivity contribution in [1.82, 2.24) is 20.0 Å². The molecule has 0 atom stereocenters. The monoisotopic (exact) mass is 459 g/mol. The van der Waals surface area contributed by atoms with Crippen molar-refractivity contribution in [3.63, 3.8) is 0 Å². The maximum atomic E-state index is 5.59. The van der Waals surface area contributed by atoms with Crippen LogP contribution in [0.1, 0.15) is 62.3 Å². The van der Waals surface area contributed by atoms with E-state index < -0.39 is 0 Å². The van der Waals surface area contributed by atoms with Crippen LogP contribution in [0, 0.1) is 6.92 Å². The van der Waals surface area contributed by atoms with Gasteiger partial charge in [-0.3, -0.25) is 4.90 Å². The first-order valence-electron chi connectivity index (χ1n) is 12.2. The number of likely N-dealkylation sites (tertiary alicyclic amines) is 1. The second-order valence-electron chi connectivity index (χ2n) is 10.5. The topological polar surface area (TPSA) is 58.3 Å². The minimum atomic E-state index is -0.0964. The van der Waals surface area contributed by atoms with Gasteiger partial charge in [0.15, 0.2) is 5.76 Å². The van der Waals surface area contributed by atoms with Crippen LogP contribution in [0.3, 0.4) is 0 Å². The summed E-state index contributed by atoms with van der Waals surface area (Å²) < 4.78 is 5.59. The smallest absolute Gasteiger partial charge is 0.170 e. The van der Waals surface area contributed by atoms with Crippen molar-refractivity contribution in [3.05, 3.63) is 65.4 Å². The largest absolute Gasteiger partial charge is 0.378 e. The maximum absolute atomic E-state index is 5.59. The van der Waals surface area contributed by atoms with E-state index in [-0.39, 0.29) is 5.41 Å². The predicted octanol–water partition coefficient (Wildman–Crippen LogP) is 5.70. The summed E-state index contributed by atoms with van der Waals surface area (Å²) in [6, 6.07) is 10.6. The molecule has 34 heavy (non-hydrogen) atoms. The number of benzene rings is 1. The third-order valence-electron chi connectivity index (χ3n) is 6.44. The summed E-state index contributed by atoms with van der Waals surface area (Å²) in [6.45, 7) is 11.5. The lowest BCUT2D eigenvalue weighted by molar-refractivity contribution is 0.231. The third-order valence-corrected chi connectivity index (χ3v) is 6.44. The summed E-state index contributed by atoms with van der Waals surface area (Å²) in [5, 5.41) is 4.09. The van der Waals surface area contributed by atoms with E-state index >= 15 is 0 Å². The molecule has 0 spiro atoms. The highest BCUT2D eigenvalue weighted by molar-refractivity contribution is 5.60. The van der Waals surface area contributed by atoms with Gasteiger partial charge >= 0.3 is 0 Å². The first kappa shape index (κ1) is 24.1. The first-order chi connectivity index (χ1) is 16.2. The van der Waals surface area contributed by atoms with E-state index in [0.29, 0.717) is 5.92 Å². The fourth-order valence-corrected chi connectivity index (χ4v) is 4.36. The minimum absolute atomic E-state index is 0.0964. The number of rotatable bonds is 6. The molecule has 4 rings (SSSR count). The number of nitrogens with zero attached hydrogens (tertiary/aromatic N) is 5. The molecule has 0 radical (unpaired) electrons. The molecule has 0 bridgehead atoms. The molecule has 6 heteroatoms. The zero-order valence-electron chi connectivity index (χ0n) is 21.4. The highest BCUT2D eigenvalue weighted by atomic mass is 16.5. The molecule has 1 aliphatic rings. The molecule has 1 aromatic carbocycles. The van der Waals surface area contributed by atoms with Crippen LogP contribution in [0.4, 0.5) is 5.69 Å². The van der Waals surface area contributed by atoms with Gasteiger partial charge in [0.05, 0.1) is 17.0 Å². The lowest BCUT2D eigenvalue weighted by Crippen LogP contribution is -2.33. The van der Waals surface area contributed by atoms with Gasteiger partial charge in [-0.15, -0.1) is 0 Å². The second kappa shape index (κ2) is 10.1. The summed E-state index contributed by atoms with van der Waals surface area (Å²) in [5.41, 5.74) is 5.32. The van der Waals surface area contributed by atoms with E-state index in [4.69, 9.17) is 9.51 Å². The van der Waals surface area contributed by atoms with Gasteiger partial charge in [0, 0.05) is 49.9 Å². The van der Waals surface area contributed by atoms with Crippen molar-refractivity contribution in [1.29, 1.82) is 0 Å². The van der Waals surface area contributed by atoms with Gasteiger partial charge in [-0.2, -0.15) is 0 Å². The Bertz CT molecular complexity index is 1120. The standard InChI is InChI=1S/C28H37N5O/c1-20-18-25(34-31-20)24-19-29-27(28(2,3)4)30-26(24)22-13-16-33(17-14-22)15-7-8-21-9-11-23(12-10-21)32(5)6/h7-12,18-19,22H,13-17H2,1-6H3/b8-7+.